The van der Waals surface area contributed by atoms with Crippen LogP contribution in [0.5, 0.6) is 0 Å². The lowest BCUT2D eigenvalue weighted by Gasteiger charge is -2.18. The Labute approximate surface area is 120 Å². The second-order valence-corrected chi connectivity index (χ2v) is 5.23. The lowest BCUT2D eigenvalue weighted by atomic mass is 10.1. The van der Waals surface area contributed by atoms with Crippen LogP contribution in [0.2, 0.25) is 0 Å². The molecule has 2 aromatic rings. The molecule has 3 heteroatoms. The molecular formula is C17H21FN2. The van der Waals surface area contributed by atoms with E-state index in [1.807, 2.05) is 18.2 Å². The van der Waals surface area contributed by atoms with Gasteiger partial charge in [0.05, 0.1) is 0 Å². The quantitative estimate of drug-likeness (QED) is 0.905. The monoisotopic (exact) mass is 272 g/mol. The van der Waals surface area contributed by atoms with Crippen LogP contribution >= 0.6 is 0 Å². The molecule has 0 radical (unpaired) electrons. The van der Waals surface area contributed by atoms with Gasteiger partial charge in [-0.3, -0.25) is 4.90 Å². The molecule has 0 aliphatic heterocycles. The van der Waals surface area contributed by atoms with Crippen molar-refractivity contribution < 1.29 is 4.39 Å². The van der Waals surface area contributed by atoms with Crippen LogP contribution in [0.4, 0.5) is 4.39 Å². The summed E-state index contributed by atoms with van der Waals surface area (Å²) in [5, 5.41) is 0. The molecular weight excluding hydrogens is 251 g/mol. The van der Waals surface area contributed by atoms with E-state index in [4.69, 9.17) is 5.73 Å². The van der Waals surface area contributed by atoms with Gasteiger partial charge in [-0.05, 0) is 36.7 Å². The SMILES string of the molecule is Cc1ccccc1CN(C)Cc1ccc(F)c(CN)c1. The van der Waals surface area contributed by atoms with Crippen LogP contribution in [-0.4, -0.2) is 11.9 Å². The molecule has 0 aromatic heterocycles. The molecule has 106 valence electrons. The van der Waals surface area contributed by atoms with Gasteiger partial charge in [0.15, 0.2) is 0 Å². The number of aryl methyl sites for hydroxylation is 1. The average molecular weight is 272 g/mol. The van der Waals surface area contributed by atoms with Crippen molar-refractivity contribution in [2.45, 2.75) is 26.6 Å². The topological polar surface area (TPSA) is 29.3 Å². The molecule has 2 N–H and O–H groups in total. The molecule has 0 spiro atoms. The van der Waals surface area contributed by atoms with E-state index in [-0.39, 0.29) is 12.4 Å². The van der Waals surface area contributed by atoms with Gasteiger partial charge in [-0.25, -0.2) is 4.39 Å². The lowest BCUT2D eigenvalue weighted by molar-refractivity contribution is 0.318. The molecule has 2 nitrogen and oxygen atoms in total. The molecule has 0 fully saturated rings. The van der Waals surface area contributed by atoms with Crippen molar-refractivity contribution in [3.05, 3.63) is 70.5 Å². The van der Waals surface area contributed by atoms with Gasteiger partial charge in [0.1, 0.15) is 5.82 Å². The Balaban J connectivity index is 2.05. The molecule has 2 aromatic carbocycles. The second kappa shape index (κ2) is 6.64. The molecule has 2 rings (SSSR count). The Morgan fingerprint density at radius 2 is 1.80 bits per heavy atom. The van der Waals surface area contributed by atoms with E-state index in [1.54, 1.807) is 0 Å². The Morgan fingerprint density at radius 3 is 2.50 bits per heavy atom. The van der Waals surface area contributed by atoms with Gasteiger partial charge in [0, 0.05) is 25.2 Å². The normalized spacial score (nSPS) is 11.1. The van der Waals surface area contributed by atoms with Crippen LogP contribution in [0, 0.1) is 12.7 Å². The highest BCUT2D eigenvalue weighted by Gasteiger charge is 2.06. The maximum atomic E-state index is 13.4. The first-order valence-electron chi connectivity index (χ1n) is 6.80. The molecule has 0 amide bonds. The number of nitrogens with two attached hydrogens (primary N) is 1. The van der Waals surface area contributed by atoms with Crippen LogP contribution in [0.1, 0.15) is 22.3 Å². The minimum Gasteiger partial charge on any atom is -0.326 e. The zero-order valence-electron chi connectivity index (χ0n) is 12.1. The molecule has 0 aliphatic carbocycles. The third-order valence-electron chi connectivity index (χ3n) is 3.48. The van der Waals surface area contributed by atoms with Crippen LogP contribution in [0.3, 0.4) is 0 Å². The van der Waals surface area contributed by atoms with Crippen molar-refractivity contribution in [3.8, 4) is 0 Å². The average Bonchev–Trinajstić information content (AvgIpc) is 2.43. The summed E-state index contributed by atoms with van der Waals surface area (Å²) >= 11 is 0. The maximum absolute atomic E-state index is 13.4. The van der Waals surface area contributed by atoms with Crippen molar-refractivity contribution in [1.29, 1.82) is 0 Å². The van der Waals surface area contributed by atoms with Gasteiger partial charge < -0.3 is 5.73 Å². The van der Waals surface area contributed by atoms with E-state index in [1.165, 1.54) is 17.2 Å². The van der Waals surface area contributed by atoms with Crippen molar-refractivity contribution in [2.75, 3.05) is 7.05 Å². The first kappa shape index (κ1) is 14.7. The molecule has 0 unspecified atom stereocenters. The Hall–Kier alpha value is -1.71. The highest BCUT2D eigenvalue weighted by atomic mass is 19.1. The predicted molar refractivity (Wildman–Crippen MR) is 80.6 cm³/mol. The van der Waals surface area contributed by atoms with Crippen molar-refractivity contribution >= 4 is 0 Å². The van der Waals surface area contributed by atoms with E-state index in [2.05, 4.69) is 37.1 Å². The maximum Gasteiger partial charge on any atom is 0.127 e. The van der Waals surface area contributed by atoms with Crippen LogP contribution in [-0.2, 0) is 19.6 Å². The minimum atomic E-state index is -0.224. The number of hydrogen-bond acceptors (Lipinski definition) is 2. The van der Waals surface area contributed by atoms with Gasteiger partial charge in [-0.2, -0.15) is 0 Å². The number of rotatable bonds is 5. The van der Waals surface area contributed by atoms with Crippen molar-refractivity contribution in [2.24, 2.45) is 5.73 Å². The summed E-state index contributed by atoms with van der Waals surface area (Å²) < 4.78 is 13.4. The van der Waals surface area contributed by atoms with E-state index >= 15 is 0 Å². The first-order valence-corrected chi connectivity index (χ1v) is 6.80. The van der Waals surface area contributed by atoms with Gasteiger partial charge in [0.25, 0.3) is 0 Å². The van der Waals surface area contributed by atoms with Crippen LogP contribution < -0.4 is 5.73 Å². The zero-order chi connectivity index (χ0) is 14.5. The number of benzene rings is 2. The van der Waals surface area contributed by atoms with E-state index in [0.29, 0.717) is 5.56 Å². The summed E-state index contributed by atoms with van der Waals surface area (Å²) in [7, 11) is 2.07. The van der Waals surface area contributed by atoms with Gasteiger partial charge in [-0.1, -0.05) is 36.4 Å². The fourth-order valence-electron chi connectivity index (χ4n) is 2.33. The van der Waals surface area contributed by atoms with Crippen molar-refractivity contribution in [1.82, 2.24) is 4.90 Å². The van der Waals surface area contributed by atoms with Gasteiger partial charge in [0.2, 0.25) is 0 Å². The van der Waals surface area contributed by atoms with Crippen LogP contribution in [0.15, 0.2) is 42.5 Å². The fourth-order valence-corrected chi connectivity index (χ4v) is 2.33. The molecule has 0 saturated carbocycles. The summed E-state index contributed by atoms with van der Waals surface area (Å²) in [5.74, 6) is -0.224. The Kier molecular flexibility index (Phi) is 4.88. The summed E-state index contributed by atoms with van der Waals surface area (Å²) in [6.07, 6.45) is 0. The number of nitrogens with zero attached hydrogens (tertiary/aromatic N) is 1. The van der Waals surface area contributed by atoms with E-state index < -0.39 is 0 Å². The summed E-state index contributed by atoms with van der Waals surface area (Å²) in [5.41, 5.74) is 9.81. The molecule has 0 atom stereocenters. The second-order valence-electron chi connectivity index (χ2n) is 5.23. The van der Waals surface area contributed by atoms with E-state index in [9.17, 15) is 4.39 Å². The van der Waals surface area contributed by atoms with E-state index in [0.717, 1.165) is 18.7 Å². The number of halogens is 1. The standard InChI is InChI=1S/C17H21FN2/c1-13-5-3-4-6-15(13)12-20(2)11-14-7-8-17(18)16(9-14)10-19/h3-9H,10-12,19H2,1-2H3. The number of hydrogen-bond donors (Lipinski definition) is 1. The Morgan fingerprint density at radius 1 is 1.05 bits per heavy atom. The highest BCUT2D eigenvalue weighted by molar-refractivity contribution is 5.27. The molecule has 0 saturated heterocycles. The lowest BCUT2D eigenvalue weighted by Crippen LogP contribution is -2.18. The zero-order valence-corrected chi connectivity index (χ0v) is 12.1. The fraction of sp³-hybridized carbons (Fsp3) is 0.294. The highest BCUT2D eigenvalue weighted by Crippen LogP contribution is 2.14. The minimum absolute atomic E-state index is 0.224. The first-order chi connectivity index (χ1) is 9.60. The third-order valence-corrected chi connectivity index (χ3v) is 3.48. The summed E-state index contributed by atoms with van der Waals surface area (Å²) in [6.45, 7) is 4.01. The predicted octanol–water partition coefficient (Wildman–Crippen LogP) is 3.22. The molecule has 0 bridgehead atoms. The molecule has 0 heterocycles. The van der Waals surface area contributed by atoms with Gasteiger partial charge >= 0.3 is 0 Å². The molecule has 20 heavy (non-hydrogen) atoms. The summed E-state index contributed by atoms with van der Waals surface area (Å²) in [4.78, 5) is 2.22. The summed E-state index contributed by atoms with van der Waals surface area (Å²) in [6, 6.07) is 13.5. The molecule has 0 aliphatic rings. The van der Waals surface area contributed by atoms with Crippen molar-refractivity contribution in [3.63, 3.8) is 0 Å². The Bertz CT molecular complexity index is 581. The third kappa shape index (κ3) is 3.65. The van der Waals surface area contributed by atoms with Gasteiger partial charge in [-0.15, -0.1) is 0 Å². The van der Waals surface area contributed by atoms with Crippen LogP contribution in [0.25, 0.3) is 0 Å². The smallest absolute Gasteiger partial charge is 0.127 e. The largest absolute Gasteiger partial charge is 0.326 e.